The molecule has 36 heavy (non-hydrogen) atoms. The number of thioether (sulfide) groups is 1. The standard InChI is InChI=1S/C27H35FN4O3S/c1-18-26(16-30-31-18)36-13-3-11-32-12-9-19(20(17-32)14-27(33)34)4-6-24(28)22-8-10-29-25-7-5-21(35-2)15-23(22)25/h5,7-8,10,15-16,19-20,24H,3-4,6,9,11-14,17H2,1-2H3,(H,30,31)(H,33,34)/t19-,20+,24+/m1/s1. The van der Waals surface area contributed by atoms with Crippen molar-refractivity contribution in [2.75, 3.05) is 32.5 Å². The van der Waals surface area contributed by atoms with Crippen LogP contribution in [0.5, 0.6) is 5.75 Å². The van der Waals surface area contributed by atoms with Crippen LogP contribution in [0.3, 0.4) is 0 Å². The molecule has 0 spiro atoms. The molecule has 1 aliphatic heterocycles. The number of aromatic amines is 1. The second kappa shape index (κ2) is 12.5. The first-order valence-corrected chi connectivity index (χ1v) is 13.6. The molecule has 0 bridgehead atoms. The van der Waals surface area contributed by atoms with E-state index in [-0.39, 0.29) is 18.3 Å². The van der Waals surface area contributed by atoms with Crippen molar-refractivity contribution in [3.8, 4) is 5.75 Å². The SMILES string of the molecule is COc1ccc2nccc([C@@H](F)CC[C@@H]3CCN(CCCSc4c[nH]nc4C)C[C@@H]3CC(=O)O)c2c1. The molecule has 1 fully saturated rings. The highest BCUT2D eigenvalue weighted by Gasteiger charge is 2.31. The molecule has 194 valence electrons. The number of H-pyrrole nitrogens is 1. The van der Waals surface area contributed by atoms with Gasteiger partial charge in [-0.1, -0.05) is 0 Å². The summed E-state index contributed by atoms with van der Waals surface area (Å²) in [5.74, 6) is 1.15. The van der Waals surface area contributed by atoms with E-state index in [9.17, 15) is 9.90 Å². The zero-order valence-corrected chi connectivity index (χ0v) is 21.8. The van der Waals surface area contributed by atoms with E-state index >= 15 is 4.39 Å². The van der Waals surface area contributed by atoms with Gasteiger partial charge >= 0.3 is 5.97 Å². The number of halogens is 1. The molecule has 2 N–H and O–H groups in total. The van der Waals surface area contributed by atoms with E-state index in [1.54, 1.807) is 31.1 Å². The molecule has 3 atom stereocenters. The molecule has 3 heterocycles. The number of piperidine rings is 1. The van der Waals surface area contributed by atoms with Crippen LogP contribution in [0, 0.1) is 18.8 Å². The first kappa shape index (κ1) is 26.4. The number of aryl methyl sites for hydroxylation is 1. The smallest absolute Gasteiger partial charge is 0.303 e. The number of benzene rings is 1. The van der Waals surface area contributed by atoms with Gasteiger partial charge in [-0.3, -0.25) is 14.9 Å². The minimum absolute atomic E-state index is 0.0431. The normalized spacial score (nSPS) is 19.4. The minimum atomic E-state index is -1.13. The van der Waals surface area contributed by atoms with Crippen LogP contribution in [0.25, 0.3) is 10.9 Å². The Balaban J connectivity index is 1.32. The molecule has 3 aromatic rings. The molecular weight excluding hydrogens is 479 g/mol. The van der Waals surface area contributed by atoms with E-state index in [4.69, 9.17) is 4.74 Å². The second-order valence-corrected chi connectivity index (χ2v) is 10.7. The van der Waals surface area contributed by atoms with Crippen LogP contribution >= 0.6 is 11.8 Å². The Kier molecular flexibility index (Phi) is 9.20. The van der Waals surface area contributed by atoms with Crippen LogP contribution in [0.1, 0.15) is 49.5 Å². The molecule has 2 aromatic heterocycles. The van der Waals surface area contributed by atoms with Crippen LogP contribution in [0.4, 0.5) is 4.39 Å². The third kappa shape index (κ3) is 6.76. The number of rotatable bonds is 12. The highest BCUT2D eigenvalue weighted by molar-refractivity contribution is 7.99. The third-order valence-electron chi connectivity index (χ3n) is 7.18. The summed E-state index contributed by atoms with van der Waals surface area (Å²) in [6.45, 7) is 4.64. The zero-order chi connectivity index (χ0) is 25.5. The first-order valence-electron chi connectivity index (χ1n) is 12.6. The number of carboxylic acids is 1. The van der Waals surface area contributed by atoms with Gasteiger partial charge in [-0.25, -0.2) is 4.39 Å². The lowest BCUT2D eigenvalue weighted by atomic mass is 9.79. The second-order valence-electron chi connectivity index (χ2n) is 9.57. The fraction of sp³-hybridized carbons (Fsp3) is 0.519. The number of aromatic nitrogens is 3. The summed E-state index contributed by atoms with van der Waals surface area (Å²) in [5, 5.41) is 17.3. The van der Waals surface area contributed by atoms with E-state index in [0.29, 0.717) is 24.2 Å². The molecule has 0 unspecified atom stereocenters. The van der Waals surface area contributed by atoms with Crippen LogP contribution < -0.4 is 4.74 Å². The van der Waals surface area contributed by atoms with Gasteiger partial charge in [-0.05, 0) is 93.1 Å². The highest BCUT2D eigenvalue weighted by Crippen LogP contribution is 2.36. The highest BCUT2D eigenvalue weighted by atomic mass is 32.2. The van der Waals surface area contributed by atoms with Crippen LogP contribution in [-0.4, -0.2) is 63.7 Å². The van der Waals surface area contributed by atoms with E-state index in [1.807, 2.05) is 31.3 Å². The number of carbonyl (C=O) groups is 1. The minimum Gasteiger partial charge on any atom is -0.497 e. The number of nitrogens with zero attached hydrogens (tertiary/aromatic N) is 3. The Bertz CT molecular complexity index is 1160. The van der Waals surface area contributed by atoms with Gasteiger partial charge in [0, 0.05) is 35.6 Å². The summed E-state index contributed by atoms with van der Waals surface area (Å²) < 4.78 is 20.8. The Labute approximate surface area is 215 Å². The quantitative estimate of drug-likeness (QED) is 0.238. The summed E-state index contributed by atoms with van der Waals surface area (Å²) in [7, 11) is 1.60. The number of fused-ring (bicyclic) bond motifs is 1. The maximum atomic E-state index is 15.5. The van der Waals surface area contributed by atoms with Gasteiger partial charge in [0.2, 0.25) is 0 Å². The average Bonchev–Trinajstić information content (AvgIpc) is 3.29. The monoisotopic (exact) mass is 514 g/mol. The van der Waals surface area contributed by atoms with Gasteiger partial charge in [0.1, 0.15) is 11.9 Å². The Hall–Kier alpha value is -2.65. The van der Waals surface area contributed by atoms with Crippen LogP contribution in [0.2, 0.25) is 0 Å². The summed E-state index contributed by atoms with van der Waals surface area (Å²) in [5.41, 5.74) is 2.39. The number of ether oxygens (including phenoxy) is 1. The number of methoxy groups -OCH3 is 1. The van der Waals surface area contributed by atoms with Gasteiger partial charge < -0.3 is 14.7 Å². The molecule has 1 aromatic carbocycles. The van der Waals surface area contributed by atoms with Crippen LogP contribution in [0.15, 0.2) is 41.6 Å². The van der Waals surface area contributed by atoms with Crippen molar-refractivity contribution in [3.05, 3.63) is 47.9 Å². The van der Waals surface area contributed by atoms with Gasteiger partial charge in [0.05, 0.1) is 18.3 Å². The number of pyridine rings is 1. The van der Waals surface area contributed by atoms with E-state index in [0.717, 1.165) is 54.8 Å². The van der Waals surface area contributed by atoms with E-state index in [2.05, 4.69) is 20.1 Å². The summed E-state index contributed by atoms with van der Waals surface area (Å²) in [4.78, 5) is 19.5. The lowest BCUT2D eigenvalue weighted by molar-refractivity contribution is -0.139. The Morgan fingerprint density at radius 1 is 1.36 bits per heavy atom. The molecule has 1 saturated heterocycles. The zero-order valence-electron chi connectivity index (χ0n) is 21.0. The molecular formula is C27H35FN4O3S. The van der Waals surface area contributed by atoms with Crippen molar-refractivity contribution < 1.29 is 19.0 Å². The van der Waals surface area contributed by atoms with Crippen LogP contribution in [-0.2, 0) is 4.79 Å². The van der Waals surface area contributed by atoms with Gasteiger partial charge in [0.15, 0.2) is 0 Å². The van der Waals surface area contributed by atoms with E-state index in [1.165, 1.54) is 4.90 Å². The fourth-order valence-electron chi connectivity index (χ4n) is 5.22. The number of nitrogens with one attached hydrogen (secondary N) is 1. The average molecular weight is 515 g/mol. The predicted molar refractivity (Wildman–Crippen MR) is 140 cm³/mol. The summed E-state index contributed by atoms with van der Waals surface area (Å²) >= 11 is 1.80. The fourth-order valence-corrected chi connectivity index (χ4v) is 6.10. The van der Waals surface area contributed by atoms with Crippen molar-refractivity contribution in [1.82, 2.24) is 20.1 Å². The molecule has 9 heteroatoms. The van der Waals surface area contributed by atoms with Gasteiger partial charge in [0.25, 0.3) is 0 Å². The maximum absolute atomic E-state index is 15.5. The number of alkyl halides is 1. The number of hydrogen-bond acceptors (Lipinski definition) is 6. The molecule has 4 rings (SSSR count). The largest absolute Gasteiger partial charge is 0.497 e. The molecule has 1 aliphatic rings. The topological polar surface area (TPSA) is 91.3 Å². The molecule has 0 aliphatic carbocycles. The lowest BCUT2D eigenvalue weighted by Gasteiger charge is -2.38. The van der Waals surface area contributed by atoms with Gasteiger partial charge in [-0.15, -0.1) is 11.8 Å². The summed E-state index contributed by atoms with van der Waals surface area (Å²) in [6, 6.07) is 7.25. The Morgan fingerprint density at radius 2 is 2.22 bits per heavy atom. The summed E-state index contributed by atoms with van der Waals surface area (Å²) in [6.07, 6.45) is 5.57. The molecule has 7 nitrogen and oxygen atoms in total. The first-order chi connectivity index (χ1) is 17.4. The van der Waals surface area contributed by atoms with Crippen molar-refractivity contribution in [3.63, 3.8) is 0 Å². The number of likely N-dealkylation sites (tertiary alicyclic amines) is 1. The van der Waals surface area contributed by atoms with Crippen molar-refractivity contribution in [1.29, 1.82) is 0 Å². The third-order valence-corrected chi connectivity index (χ3v) is 8.40. The number of carboxylic acid groups (broad SMARTS) is 1. The van der Waals surface area contributed by atoms with E-state index < -0.39 is 12.1 Å². The number of aliphatic carboxylic acids is 1. The predicted octanol–water partition coefficient (Wildman–Crippen LogP) is 5.66. The molecule has 0 radical (unpaired) electrons. The molecule has 0 saturated carbocycles. The van der Waals surface area contributed by atoms with Gasteiger partial charge in [-0.2, -0.15) is 5.10 Å². The van der Waals surface area contributed by atoms with Crippen molar-refractivity contribution in [2.24, 2.45) is 11.8 Å². The Morgan fingerprint density at radius 3 is 2.97 bits per heavy atom. The number of hydrogen-bond donors (Lipinski definition) is 2. The van der Waals surface area contributed by atoms with Crippen molar-refractivity contribution >= 4 is 28.6 Å². The molecule has 0 amide bonds. The lowest BCUT2D eigenvalue weighted by Crippen LogP contribution is -2.42. The van der Waals surface area contributed by atoms with Crippen molar-refractivity contribution in [2.45, 2.75) is 50.1 Å². The maximum Gasteiger partial charge on any atom is 0.303 e.